The van der Waals surface area contributed by atoms with E-state index in [4.69, 9.17) is 9.47 Å². The number of rotatable bonds is 8. The molecule has 6 atom stereocenters. The van der Waals surface area contributed by atoms with Crippen molar-refractivity contribution in [3.8, 4) is 0 Å². The van der Waals surface area contributed by atoms with E-state index in [-0.39, 0.29) is 34.9 Å². The Morgan fingerprint density at radius 3 is 2.77 bits per heavy atom. The fraction of sp³-hybridized carbons (Fsp3) is 0.545. The number of benzene rings is 1. The third kappa shape index (κ3) is 3.89. The molecule has 0 saturated carbocycles. The molecule has 8 heteroatoms. The molecule has 3 aliphatic rings. The molecule has 3 heterocycles. The maximum Gasteiger partial charge on any atom is 0.353 e. The van der Waals surface area contributed by atoms with E-state index in [2.05, 4.69) is 0 Å². The fourth-order valence-electron chi connectivity index (χ4n) is 4.61. The van der Waals surface area contributed by atoms with Gasteiger partial charge in [-0.1, -0.05) is 37.3 Å². The van der Waals surface area contributed by atoms with Crippen LogP contribution in [0.2, 0.25) is 0 Å². The highest BCUT2D eigenvalue weighted by atomic mass is 32.2. The minimum atomic E-state index is -1.09. The van der Waals surface area contributed by atoms with E-state index in [1.807, 2.05) is 37.3 Å². The Bertz CT molecular complexity index is 841. The smallest absolute Gasteiger partial charge is 0.353 e. The summed E-state index contributed by atoms with van der Waals surface area (Å²) in [5, 5.41) is 19.8. The molecule has 0 aromatic heterocycles. The average Bonchev–Trinajstić information content (AvgIpc) is 3.24. The summed E-state index contributed by atoms with van der Waals surface area (Å²) in [7, 11) is 0. The minimum absolute atomic E-state index is 0.0272. The van der Waals surface area contributed by atoms with Gasteiger partial charge in [-0.25, -0.2) is 4.79 Å². The third-order valence-electron chi connectivity index (χ3n) is 6.06. The van der Waals surface area contributed by atoms with Crippen LogP contribution in [0.15, 0.2) is 40.9 Å². The van der Waals surface area contributed by atoms with E-state index < -0.39 is 18.0 Å². The number of aliphatic hydroxyl groups is 1. The number of hydrogen-bond donors (Lipinski definition) is 2. The molecule has 2 fully saturated rings. The molecular formula is C22H27NO6S. The SMILES string of the molecule is CC(O)C1C(=O)N2C(C(=O)O)=C(SC3COC(COCc4ccccc4)C3)C(C)C12. The van der Waals surface area contributed by atoms with Crippen LogP contribution in [-0.2, 0) is 25.7 Å². The molecule has 2 N–H and O–H groups in total. The van der Waals surface area contributed by atoms with Gasteiger partial charge in [-0.2, -0.15) is 0 Å². The summed E-state index contributed by atoms with van der Waals surface area (Å²) in [5.41, 5.74) is 1.18. The van der Waals surface area contributed by atoms with Crippen LogP contribution < -0.4 is 0 Å². The van der Waals surface area contributed by atoms with Crippen LogP contribution >= 0.6 is 11.8 Å². The van der Waals surface area contributed by atoms with Gasteiger partial charge in [0.1, 0.15) is 5.70 Å². The number of β-lactam (4-membered cyclic amide) rings is 1. The van der Waals surface area contributed by atoms with Crippen LogP contribution in [0.3, 0.4) is 0 Å². The highest BCUT2D eigenvalue weighted by Crippen LogP contribution is 2.52. The fourth-order valence-corrected chi connectivity index (χ4v) is 6.08. The number of nitrogens with zero attached hydrogens (tertiary/aromatic N) is 1. The Hall–Kier alpha value is -1.87. The van der Waals surface area contributed by atoms with Gasteiger partial charge in [0, 0.05) is 16.1 Å². The van der Waals surface area contributed by atoms with Gasteiger partial charge in [0.25, 0.3) is 0 Å². The zero-order chi connectivity index (χ0) is 21.4. The molecule has 0 spiro atoms. The number of aliphatic carboxylic acids is 1. The van der Waals surface area contributed by atoms with Crippen molar-refractivity contribution >= 4 is 23.6 Å². The summed E-state index contributed by atoms with van der Waals surface area (Å²) in [5.74, 6) is -2.05. The predicted octanol–water partition coefficient (Wildman–Crippen LogP) is 2.25. The molecule has 1 aromatic rings. The summed E-state index contributed by atoms with van der Waals surface area (Å²) >= 11 is 1.50. The molecule has 6 unspecified atom stereocenters. The maximum absolute atomic E-state index is 12.4. The summed E-state index contributed by atoms with van der Waals surface area (Å²) in [6.45, 7) is 5.07. The van der Waals surface area contributed by atoms with E-state index in [1.165, 1.54) is 16.7 Å². The lowest BCUT2D eigenvalue weighted by molar-refractivity contribution is -0.163. The molecule has 7 nitrogen and oxygen atoms in total. The second kappa shape index (κ2) is 8.70. The molecular weight excluding hydrogens is 406 g/mol. The van der Waals surface area contributed by atoms with Crippen molar-refractivity contribution in [1.29, 1.82) is 0 Å². The van der Waals surface area contributed by atoms with E-state index in [1.54, 1.807) is 6.92 Å². The van der Waals surface area contributed by atoms with E-state index >= 15 is 0 Å². The first-order valence-electron chi connectivity index (χ1n) is 10.3. The summed E-state index contributed by atoms with van der Waals surface area (Å²) in [6.07, 6.45) is -0.0525. The molecule has 0 radical (unpaired) electrons. The van der Waals surface area contributed by atoms with Crippen molar-refractivity contribution in [2.45, 2.75) is 50.4 Å². The monoisotopic (exact) mass is 433 g/mol. The molecule has 162 valence electrons. The zero-order valence-electron chi connectivity index (χ0n) is 17.1. The van der Waals surface area contributed by atoms with Crippen LogP contribution in [0.1, 0.15) is 25.8 Å². The largest absolute Gasteiger partial charge is 0.477 e. The topological polar surface area (TPSA) is 96.3 Å². The predicted molar refractivity (Wildman–Crippen MR) is 111 cm³/mol. The van der Waals surface area contributed by atoms with Gasteiger partial charge in [0.05, 0.1) is 44.0 Å². The van der Waals surface area contributed by atoms with Crippen molar-refractivity contribution < 1.29 is 29.3 Å². The van der Waals surface area contributed by atoms with Crippen molar-refractivity contribution in [2.75, 3.05) is 13.2 Å². The van der Waals surface area contributed by atoms with Gasteiger partial charge in [-0.05, 0) is 18.9 Å². The van der Waals surface area contributed by atoms with Crippen LogP contribution in [0.5, 0.6) is 0 Å². The first kappa shape index (κ1) is 21.4. The Morgan fingerprint density at radius 2 is 2.10 bits per heavy atom. The van der Waals surface area contributed by atoms with Gasteiger partial charge in [0.15, 0.2) is 0 Å². The lowest BCUT2D eigenvalue weighted by Gasteiger charge is -2.46. The number of ether oxygens (including phenoxy) is 2. The molecule has 30 heavy (non-hydrogen) atoms. The second-order valence-corrected chi connectivity index (χ2v) is 9.55. The van der Waals surface area contributed by atoms with Crippen LogP contribution in [0.25, 0.3) is 0 Å². The minimum Gasteiger partial charge on any atom is -0.477 e. The molecule has 4 rings (SSSR count). The molecule has 0 aliphatic carbocycles. The molecule has 1 amide bonds. The standard InChI is InChI=1S/C22H27NO6S/c1-12-18-17(13(2)24)21(25)23(18)19(22(26)27)20(12)30-16-8-15(29-11-16)10-28-9-14-6-4-3-5-7-14/h3-7,12-13,15-18,24H,8-11H2,1-2H3,(H,26,27). The van der Waals surface area contributed by atoms with Crippen molar-refractivity contribution in [3.63, 3.8) is 0 Å². The van der Waals surface area contributed by atoms with Gasteiger partial charge >= 0.3 is 5.97 Å². The van der Waals surface area contributed by atoms with Gasteiger partial charge in [0.2, 0.25) is 5.91 Å². The first-order chi connectivity index (χ1) is 14.4. The van der Waals surface area contributed by atoms with Gasteiger partial charge in [-0.15, -0.1) is 11.8 Å². The highest BCUT2D eigenvalue weighted by molar-refractivity contribution is 8.03. The summed E-state index contributed by atoms with van der Waals surface area (Å²) in [4.78, 5) is 26.4. The van der Waals surface area contributed by atoms with Crippen LogP contribution in [-0.4, -0.2) is 63.7 Å². The lowest BCUT2D eigenvalue weighted by atomic mass is 9.79. The number of hydrogen-bond acceptors (Lipinski definition) is 6. The Balaban J connectivity index is 1.36. The highest BCUT2D eigenvalue weighted by Gasteiger charge is 2.60. The van der Waals surface area contributed by atoms with Crippen LogP contribution in [0.4, 0.5) is 0 Å². The number of carboxylic acid groups (broad SMARTS) is 1. The Kier molecular flexibility index (Phi) is 6.20. The van der Waals surface area contributed by atoms with Crippen LogP contribution in [0, 0.1) is 11.8 Å². The van der Waals surface area contributed by atoms with Gasteiger partial charge in [-0.3, -0.25) is 4.79 Å². The Labute approximate surface area is 180 Å². The third-order valence-corrected chi connectivity index (χ3v) is 7.54. The number of carboxylic acids is 1. The molecule has 1 aromatic carbocycles. The van der Waals surface area contributed by atoms with E-state index in [0.29, 0.717) is 24.7 Å². The normalized spacial score (nSPS) is 31.6. The van der Waals surface area contributed by atoms with E-state index in [9.17, 15) is 19.8 Å². The molecule has 2 saturated heterocycles. The first-order valence-corrected chi connectivity index (χ1v) is 11.1. The quantitative estimate of drug-likeness (QED) is 0.607. The summed E-state index contributed by atoms with van der Waals surface area (Å²) < 4.78 is 11.6. The maximum atomic E-state index is 12.4. The molecule has 3 aliphatic heterocycles. The van der Waals surface area contributed by atoms with Gasteiger partial charge < -0.3 is 24.6 Å². The molecule has 0 bridgehead atoms. The summed E-state index contributed by atoms with van der Waals surface area (Å²) in [6, 6.07) is 9.67. The number of carbonyl (C=O) groups excluding carboxylic acids is 1. The van der Waals surface area contributed by atoms with E-state index in [0.717, 1.165) is 12.0 Å². The lowest BCUT2D eigenvalue weighted by Crippen LogP contribution is -2.63. The van der Waals surface area contributed by atoms with Crippen molar-refractivity contribution in [3.05, 3.63) is 46.5 Å². The number of fused-ring (bicyclic) bond motifs is 1. The second-order valence-electron chi connectivity index (χ2n) is 8.20. The van der Waals surface area contributed by atoms with Crippen molar-refractivity contribution in [2.24, 2.45) is 11.8 Å². The number of carbonyl (C=O) groups is 2. The zero-order valence-corrected chi connectivity index (χ0v) is 17.9. The number of thioether (sulfide) groups is 1. The average molecular weight is 434 g/mol. The Morgan fingerprint density at radius 1 is 1.37 bits per heavy atom. The van der Waals surface area contributed by atoms with Crippen molar-refractivity contribution in [1.82, 2.24) is 4.90 Å². The number of aliphatic hydroxyl groups excluding tert-OH is 1. The number of amides is 1.